The average Bonchev–Trinajstić information content (AvgIpc) is 3.54. The molecular formula is C31H48B2O2S2. The van der Waals surface area contributed by atoms with Crippen molar-refractivity contribution in [3.63, 3.8) is 0 Å². The van der Waals surface area contributed by atoms with Crippen LogP contribution >= 0.6 is 22.7 Å². The van der Waals surface area contributed by atoms with Gasteiger partial charge in [-0.2, -0.15) is 11.3 Å². The zero-order valence-corrected chi connectivity index (χ0v) is 26.0. The molecule has 0 atom stereocenters. The molecule has 2 aliphatic rings. The molecule has 1 aliphatic heterocycles. The van der Waals surface area contributed by atoms with Crippen LogP contribution in [-0.4, -0.2) is 26.2 Å². The predicted molar refractivity (Wildman–Crippen MR) is 166 cm³/mol. The van der Waals surface area contributed by atoms with E-state index in [-0.39, 0.29) is 23.7 Å². The number of rotatable bonds is 15. The van der Waals surface area contributed by atoms with E-state index in [9.17, 15) is 0 Å². The van der Waals surface area contributed by atoms with Crippen molar-refractivity contribution < 1.29 is 9.31 Å². The Kier molecular flexibility index (Phi) is 9.80. The monoisotopic (exact) mass is 538 g/mol. The first kappa shape index (κ1) is 29.4. The summed E-state index contributed by atoms with van der Waals surface area (Å²) in [5, 5.41) is 0. The van der Waals surface area contributed by atoms with Crippen molar-refractivity contribution in [2.75, 3.05) is 0 Å². The molecule has 202 valence electrons. The van der Waals surface area contributed by atoms with E-state index >= 15 is 0 Å². The lowest BCUT2D eigenvalue weighted by Gasteiger charge is -2.32. The number of fused-ring (bicyclic) bond motifs is 3. The topological polar surface area (TPSA) is 18.5 Å². The molecule has 6 heteroatoms. The maximum atomic E-state index is 6.49. The van der Waals surface area contributed by atoms with Crippen LogP contribution < -0.4 is 9.55 Å². The quantitative estimate of drug-likeness (QED) is 0.167. The minimum absolute atomic E-state index is 0.0900. The highest BCUT2D eigenvalue weighted by molar-refractivity contribution is 7.30. The third kappa shape index (κ3) is 6.13. The Bertz CT molecular complexity index is 991. The molecule has 3 heterocycles. The van der Waals surface area contributed by atoms with Crippen LogP contribution in [0.4, 0.5) is 0 Å². The first-order chi connectivity index (χ1) is 17.6. The summed E-state index contributed by atoms with van der Waals surface area (Å²) in [7, 11) is 6.17. The molecule has 0 unspecified atom stereocenters. The fraction of sp³-hybridized carbons (Fsp3) is 0.742. The van der Waals surface area contributed by atoms with Crippen molar-refractivity contribution in [2.45, 2.75) is 148 Å². The molecule has 0 aromatic carbocycles. The van der Waals surface area contributed by atoms with Crippen molar-refractivity contribution in [1.82, 2.24) is 0 Å². The van der Waals surface area contributed by atoms with Gasteiger partial charge in [0.1, 0.15) is 7.85 Å². The van der Waals surface area contributed by atoms with Crippen LogP contribution in [0.15, 0.2) is 12.1 Å². The molecule has 1 fully saturated rings. The molecule has 1 saturated heterocycles. The highest BCUT2D eigenvalue weighted by atomic mass is 32.1. The Morgan fingerprint density at radius 3 is 1.68 bits per heavy atom. The molecule has 1 aliphatic carbocycles. The van der Waals surface area contributed by atoms with Crippen molar-refractivity contribution in [3.8, 4) is 9.75 Å². The summed E-state index contributed by atoms with van der Waals surface area (Å²) in [6.45, 7) is 13.2. The summed E-state index contributed by atoms with van der Waals surface area (Å²) in [4.78, 5) is 2.84. The minimum Gasteiger partial charge on any atom is -0.399 e. The lowest BCUT2D eigenvalue weighted by Crippen LogP contribution is -2.41. The Balaban J connectivity index is 1.61. The first-order valence-corrected chi connectivity index (χ1v) is 16.7. The first-order valence-electron chi connectivity index (χ1n) is 15.0. The molecule has 2 aromatic heterocycles. The smallest absolute Gasteiger partial charge is 0.399 e. The second kappa shape index (κ2) is 12.3. The summed E-state index contributed by atoms with van der Waals surface area (Å²) in [5.41, 5.74) is 2.49. The molecule has 0 saturated carbocycles. The van der Waals surface area contributed by atoms with Gasteiger partial charge in [0.2, 0.25) is 0 Å². The second-order valence-corrected chi connectivity index (χ2v) is 14.7. The van der Waals surface area contributed by atoms with Gasteiger partial charge in [-0.25, -0.2) is 0 Å². The standard InChI is InChI=1S/C31H48B2O2S2/c1-7-9-11-13-15-17-19-31(20-18-16-14-12-10-8-2)23-21-25(32)36-27(23)28-24(31)22-26(37-28)33-34-29(3,4)30(5,6)35-33/h21-22H,7-20H2,1-6H3. The zero-order valence-electron chi connectivity index (χ0n) is 24.3. The summed E-state index contributed by atoms with van der Waals surface area (Å²) >= 11 is 3.67. The van der Waals surface area contributed by atoms with Crippen LogP contribution in [0.3, 0.4) is 0 Å². The van der Waals surface area contributed by atoms with Gasteiger partial charge in [-0.05, 0) is 62.5 Å². The van der Waals surface area contributed by atoms with Gasteiger partial charge in [0, 0.05) is 19.9 Å². The van der Waals surface area contributed by atoms with Gasteiger partial charge in [0.05, 0.1) is 11.2 Å². The van der Waals surface area contributed by atoms with E-state index in [2.05, 4.69) is 53.7 Å². The molecule has 0 bridgehead atoms. The van der Waals surface area contributed by atoms with Crippen molar-refractivity contribution in [2.24, 2.45) is 0 Å². The van der Waals surface area contributed by atoms with Crippen LogP contribution in [0.2, 0.25) is 0 Å². The highest BCUT2D eigenvalue weighted by Crippen LogP contribution is 2.57. The van der Waals surface area contributed by atoms with E-state index in [4.69, 9.17) is 17.2 Å². The van der Waals surface area contributed by atoms with Crippen LogP contribution in [0.1, 0.15) is 143 Å². The molecule has 2 nitrogen and oxygen atoms in total. The maximum Gasteiger partial charge on any atom is 0.505 e. The number of hydrogen-bond acceptors (Lipinski definition) is 4. The van der Waals surface area contributed by atoms with Gasteiger partial charge in [-0.3, -0.25) is 0 Å². The maximum absolute atomic E-state index is 6.49. The molecule has 0 N–H and O–H groups in total. The Labute approximate surface area is 236 Å². The third-order valence-corrected chi connectivity index (χ3v) is 11.4. The largest absolute Gasteiger partial charge is 0.505 e. The molecule has 0 amide bonds. The van der Waals surface area contributed by atoms with Crippen molar-refractivity contribution in [1.29, 1.82) is 0 Å². The normalized spacial score (nSPS) is 18.9. The van der Waals surface area contributed by atoms with Crippen molar-refractivity contribution >= 4 is 47.2 Å². The van der Waals surface area contributed by atoms with Gasteiger partial charge < -0.3 is 9.31 Å². The number of thiophene rings is 2. The van der Waals surface area contributed by atoms with E-state index in [0.717, 1.165) is 4.78 Å². The van der Waals surface area contributed by atoms with Crippen molar-refractivity contribution in [3.05, 3.63) is 23.3 Å². The summed E-state index contributed by atoms with van der Waals surface area (Å²) in [6, 6.07) is 4.77. The van der Waals surface area contributed by atoms with E-state index in [1.54, 1.807) is 11.3 Å². The summed E-state index contributed by atoms with van der Waals surface area (Å²) < 4.78 is 15.1. The molecule has 4 rings (SSSR count). The number of unbranched alkanes of at least 4 members (excludes halogenated alkanes) is 10. The Morgan fingerprint density at radius 1 is 0.676 bits per heavy atom. The lowest BCUT2D eigenvalue weighted by molar-refractivity contribution is 0.00578. The van der Waals surface area contributed by atoms with Gasteiger partial charge in [-0.1, -0.05) is 97.0 Å². The van der Waals surface area contributed by atoms with Gasteiger partial charge in [-0.15, -0.1) is 11.3 Å². The average molecular weight is 538 g/mol. The highest BCUT2D eigenvalue weighted by Gasteiger charge is 2.53. The second-order valence-electron chi connectivity index (χ2n) is 12.5. The zero-order chi connectivity index (χ0) is 26.7. The molecular weight excluding hydrogens is 490 g/mol. The predicted octanol–water partition coefficient (Wildman–Crippen LogP) is 8.67. The van der Waals surface area contributed by atoms with Crippen LogP contribution in [0.25, 0.3) is 9.75 Å². The molecule has 2 aromatic rings. The van der Waals surface area contributed by atoms with Gasteiger partial charge >= 0.3 is 7.12 Å². The third-order valence-electron chi connectivity index (χ3n) is 9.14. The van der Waals surface area contributed by atoms with Gasteiger partial charge in [0.25, 0.3) is 0 Å². The fourth-order valence-electron chi connectivity index (χ4n) is 6.17. The molecule has 37 heavy (non-hydrogen) atoms. The minimum atomic E-state index is -0.321. The van der Waals surface area contributed by atoms with Crippen LogP contribution in [-0.2, 0) is 14.7 Å². The van der Waals surface area contributed by atoms with E-state index < -0.39 is 0 Å². The van der Waals surface area contributed by atoms with Gasteiger partial charge in [0.15, 0.2) is 0 Å². The molecule has 0 spiro atoms. The van der Waals surface area contributed by atoms with E-state index in [1.165, 1.54) is 116 Å². The molecule has 2 radical (unpaired) electrons. The number of hydrogen-bond donors (Lipinski definition) is 0. The Morgan fingerprint density at radius 2 is 1.14 bits per heavy atom. The van der Waals surface area contributed by atoms with Crippen LogP contribution in [0, 0.1) is 0 Å². The fourth-order valence-corrected chi connectivity index (χ4v) is 8.57. The summed E-state index contributed by atoms with van der Waals surface area (Å²) in [6.07, 6.45) is 18.5. The SMILES string of the molecule is [B]c1cc2c(s1)-c1sc(B3OC(C)(C)C(C)(C)O3)cc1C2(CCCCCCCC)CCCCCCCC. The van der Waals surface area contributed by atoms with E-state index in [1.807, 2.05) is 11.3 Å². The van der Waals surface area contributed by atoms with E-state index in [0.29, 0.717) is 0 Å². The lowest BCUT2D eigenvalue weighted by atomic mass is 9.70. The van der Waals surface area contributed by atoms with Crippen LogP contribution in [0.5, 0.6) is 0 Å². The Hall–Kier alpha value is -0.550. The summed E-state index contributed by atoms with van der Waals surface area (Å²) in [5.74, 6) is 0.